The lowest BCUT2D eigenvalue weighted by Gasteiger charge is -2.20. The third kappa shape index (κ3) is 7.96. The zero-order valence-corrected chi connectivity index (χ0v) is 25.1. The number of carbonyl (C=O) groups excluding carboxylic acids is 2. The van der Waals surface area contributed by atoms with E-state index in [0.29, 0.717) is 30.5 Å². The number of ether oxygens (including phenoxy) is 2. The molecule has 1 N–H and O–H groups in total. The molecule has 1 aliphatic rings. The molecule has 2 aromatic carbocycles. The number of nitrogens with one attached hydrogen (secondary N) is 1. The van der Waals surface area contributed by atoms with Crippen LogP contribution in [0.3, 0.4) is 0 Å². The topological polar surface area (TPSA) is 127 Å². The summed E-state index contributed by atoms with van der Waals surface area (Å²) in [5.74, 6) is 0.274. The summed E-state index contributed by atoms with van der Waals surface area (Å²) in [7, 11) is 3.34. The molecule has 0 bridgehead atoms. The van der Waals surface area contributed by atoms with E-state index in [4.69, 9.17) is 4.74 Å². The minimum atomic E-state index is -4.77. The van der Waals surface area contributed by atoms with E-state index in [0.717, 1.165) is 16.7 Å². The standard InChI is InChI=1S/C29H27F3N8O4S/c1-18-4-6-20(15-43-3)23(12-18)40-25(41)16-45-28(40)36-27(42)35-24-11-5-19(13-33-24)14-38(2)26-34-17-39(37-26)21-7-9-22(10-8-21)44-29(30,31)32/h4-13,17H,14-16H2,1-3H3,(H,33,35,42). The molecular formula is C29H27F3N8O4S. The predicted molar refractivity (Wildman–Crippen MR) is 163 cm³/mol. The van der Waals surface area contributed by atoms with E-state index in [1.165, 1.54) is 51.9 Å². The number of aromatic nitrogens is 4. The van der Waals surface area contributed by atoms with Crippen molar-refractivity contribution in [1.82, 2.24) is 19.7 Å². The molecule has 2 aromatic heterocycles. The van der Waals surface area contributed by atoms with Gasteiger partial charge in [0.1, 0.15) is 17.9 Å². The first-order valence-electron chi connectivity index (χ1n) is 13.4. The number of methoxy groups -OCH3 is 1. The summed E-state index contributed by atoms with van der Waals surface area (Å²) < 4.78 is 47.8. The summed E-state index contributed by atoms with van der Waals surface area (Å²) in [5, 5.41) is 7.27. The van der Waals surface area contributed by atoms with Crippen LogP contribution in [0.25, 0.3) is 5.69 Å². The molecule has 1 aliphatic heterocycles. The number of anilines is 3. The Bertz CT molecular complexity index is 1710. The van der Waals surface area contributed by atoms with Crippen LogP contribution < -0.4 is 19.9 Å². The molecule has 0 atom stereocenters. The highest BCUT2D eigenvalue weighted by atomic mass is 32.2. The fourth-order valence-electron chi connectivity index (χ4n) is 4.36. The molecular weight excluding hydrogens is 613 g/mol. The van der Waals surface area contributed by atoms with Gasteiger partial charge in [0.25, 0.3) is 0 Å². The van der Waals surface area contributed by atoms with Crippen molar-refractivity contribution in [2.75, 3.05) is 35.0 Å². The predicted octanol–water partition coefficient (Wildman–Crippen LogP) is 5.32. The number of amides is 3. The Labute approximate surface area is 259 Å². The highest BCUT2D eigenvalue weighted by molar-refractivity contribution is 8.15. The Hall–Kier alpha value is -4.96. The quantitative estimate of drug-likeness (QED) is 0.259. The van der Waals surface area contributed by atoms with E-state index < -0.39 is 12.4 Å². The van der Waals surface area contributed by atoms with Gasteiger partial charge in [-0.3, -0.25) is 15.0 Å². The number of urea groups is 1. The monoisotopic (exact) mass is 640 g/mol. The van der Waals surface area contributed by atoms with Gasteiger partial charge in [-0.1, -0.05) is 30.0 Å². The molecule has 0 spiro atoms. The first kappa shape index (κ1) is 31.5. The van der Waals surface area contributed by atoms with Gasteiger partial charge in [0.15, 0.2) is 5.17 Å². The van der Waals surface area contributed by atoms with Gasteiger partial charge in [0.2, 0.25) is 11.9 Å². The maximum Gasteiger partial charge on any atom is 0.573 e. The van der Waals surface area contributed by atoms with E-state index in [2.05, 4.69) is 30.1 Å². The first-order chi connectivity index (χ1) is 21.5. The number of carbonyl (C=O) groups is 2. The van der Waals surface area contributed by atoms with Crippen molar-refractivity contribution in [1.29, 1.82) is 0 Å². The molecule has 0 saturated carbocycles. The highest BCUT2D eigenvalue weighted by Gasteiger charge is 2.32. The zero-order valence-electron chi connectivity index (χ0n) is 24.3. The third-order valence-corrected chi connectivity index (χ3v) is 7.30. The number of thioether (sulfide) groups is 1. The van der Waals surface area contributed by atoms with Crippen LogP contribution in [0.2, 0.25) is 0 Å². The smallest absolute Gasteiger partial charge is 0.406 e. The number of amidine groups is 1. The average molecular weight is 641 g/mol. The fourth-order valence-corrected chi connectivity index (χ4v) is 5.21. The number of hydrogen-bond donors (Lipinski definition) is 1. The Kier molecular flexibility index (Phi) is 9.34. The maximum atomic E-state index is 12.8. The van der Waals surface area contributed by atoms with Crippen LogP contribution in [0.15, 0.2) is 72.1 Å². The number of aliphatic imine (C=N–C) groups is 1. The Balaban J connectivity index is 1.20. The largest absolute Gasteiger partial charge is 0.573 e. The lowest BCUT2D eigenvalue weighted by atomic mass is 10.1. The maximum absolute atomic E-state index is 12.8. The van der Waals surface area contributed by atoms with Gasteiger partial charge in [-0.25, -0.2) is 14.5 Å². The van der Waals surface area contributed by atoms with Crippen molar-refractivity contribution in [3.8, 4) is 11.4 Å². The van der Waals surface area contributed by atoms with Crippen LogP contribution in [0.4, 0.5) is 35.4 Å². The Morgan fingerprint density at radius 1 is 1.13 bits per heavy atom. The molecule has 12 nitrogen and oxygen atoms in total. The number of rotatable bonds is 9. The molecule has 5 rings (SSSR count). The van der Waals surface area contributed by atoms with Crippen molar-refractivity contribution in [2.45, 2.75) is 26.4 Å². The summed E-state index contributed by atoms with van der Waals surface area (Å²) in [6.07, 6.45) is -1.75. The van der Waals surface area contributed by atoms with Gasteiger partial charge in [-0.2, -0.15) is 9.98 Å². The Morgan fingerprint density at radius 3 is 2.60 bits per heavy atom. The summed E-state index contributed by atoms with van der Waals surface area (Å²) in [6.45, 7) is 2.58. The minimum absolute atomic E-state index is 0.156. The summed E-state index contributed by atoms with van der Waals surface area (Å²) in [4.78, 5) is 41.4. The van der Waals surface area contributed by atoms with Gasteiger partial charge in [-0.15, -0.1) is 18.3 Å². The van der Waals surface area contributed by atoms with Crippen molar-refractivity contribution in [3.63, 3.8) is 0 Å². The highest BCUT2D eigenvalue weighted by Crippen LogP contribution is 2.31. The molecule has 16 heteroatoms. The Morgan fingerprint density at radius 2 is 1.91 bits per heavy atom. The second kappa shape index (κ2) is 13.4. The molecule has 4 aromatic rings. The van der Waals surface area contributed by atoms with Crippen LogP contribution in [0, 0.1) is 6.92 Å². The summed E-state index contributed by atoms with van der Waals surface area (Å²) in [5.41, 5.74) is 3.66. The lowest BCUT2D eigenvalue weighted by molar-refractivity contribution is -0.274. The van der Waals surface area contributed by atoms with Gasteiger partial charge in [0, 0.05) is 32.5 Å². The van der Waals surface area contributed by atoms with Crippen molar-refractivity contribution in [2.24, 2.45) is 4.99 Å². The van der Waals surface area contributed by atoms with Crippen LogP contribution in [-0.2, 0) is 22.7 Å². The third-order valence-electron chi connectivity index (χ3n) is 6.38. The second-order valence-corrected chi connectivity index (χ2v) is 10.8. The fraction of sp³-hybridized carbons (Fsp3) is 0.241. The summed E-state index contributed by atoms with van der Waals surface area (Å²) >= 11 is 1.17. The van der Waals surface area contributed by atoms with E-state index in [9.17, 15) is 22.8 Å². The molecule has 0 aliphatic carbocycles. The molecule has 1 saturated heterocycles. The van der Waals surface area contributed by atoms with Gasteiger partial charge >= 0.3 is 12.4 Å². The van der Waals surface area contributed by atoms with E-state index in [-0.39, 0.29) is 28.4 Å². The molecule has 234 valence electrons. The van der Waals surface area contributed by atoms with E-state index >= 15 is 0 Å². The number of aryl methyl sites for hydroxylation is 1. The van der Waals surface area contributed by atoms with Crippen LogP contribution in [0.1, 0.15) is 16.7 Å². The summed E-state index contributed by atoms with van der Waals surface area (Å²) in [6, 6.07) is 13.6. The zero-order chi connectivity index (χ0) is 32.1. The van der Waals surface area contributed by atoms with Crippen molar-refractivity contribution in [3.05, 3.63) is 83.8 Å². The SMILES string of the molecule is COCc1ccc(C)cc1N1C(=O)CSC1=NC(=O)Nc1ccc(CN(C)c2ncn(-c3ccc(OC(F)(F)F)cc3)n2)cn1. The van der Waals surface area contributed by atoms with Gasteiger partial charge in [-0.05, 0) is 54.4 Å². The lowest BCUT2D eigenvalue weighted by Crippen LogP contribution is -2.31. The molecule has 0 radical (unpaired) electrons. The van der Waals surface area contributed by atoms with Gasteiger partial charge < -0.3 is 14.4 Å². The minimum Gasteiger partial charge on any atom is -0.406 e. The van der Waals surface area contributed by atoms with Crippen LogP contribution in [-0.4, -0.2) is 63.1 Å². The second-order valence-electron chi connectivity index (χ2n) is 9.85. The molecule has 3 amide bonds. The van der Waals surface area contributed by atoms with E-state index in [1.54, 1.807) is 37.4 Å². The van der Waals surface area contributed by atoms with Crippen LogP contribution in [0.5, 0.6) is 5.75 Å². The van der Waals surface area contributed by atoms with E-state index in [1.807, 2.05) is 25.1 Å². The normalized spacial score (nSPS) is 14.2. The average Bonchev–Trinajstić information content (AvgIpc) is 3.62. The number of hydrogen-bond acceptors (Lipinski definition) is 9. The first-order valence-corrected chi connectivity index (χ1v) is 14.4. The van der Waals surface area contributed by atoms with Gasteiger partial charge in [0.05, 0.1) is 23.7 Å². The molecule has 45 heavy (non-hydrogen) atoms. The number of nitrogens with zero attached hydrogens (tertiary/aromatic N) is 7. The molecule has 1 fully saturated rings. The van der Waals surface area contributed by atoms with Crippen LogP contribution >= 0.6 is 11.8 Å². The molecule has 0 unspecified atom stereocenters. The number of benzene rings is 2. The van der Waals surface area contributed by atoms with Crippen molar-refractivity contribution >= 4 is 46.3 Å². The number of halogens is 3. The number of pyridine rings is 1. The molecule has 3 heterocycles. The number of alkyl halides is 3. The van der Waals surface area contributed by atoms with Crippen molar-refractivity contribution < 1.29 is 32.2 Å².